The van der Waals surface area contributed by atoms with Gasteiger partial charge >= 0.3 is 0 Å². The first-order valence-corrected chi connectivity index (χ1v) is 8.77. The summed E-state index contributed by atoms with van der Waals surface area (Å²) < 4.78 is 10.3. The van der Waals surface area contributed by atoms with Crippen molar-refractivity contribution in [1.82, 2.24) is 0 Å². The van der Waals surface area contributed by atoms with Crippen molar-refractivity contribution in [3.8, 4) is 0 Å². The molecule has 0 spiro atoms. The Hall–Kier alpha value is -1.38. The molecule has 1 aliphatic carbocycles. The van der Waals surface area contributed by atoms with Gasteiger partial charge in [-0.1, -0.05) is 60.9 Å². The molecule has 0 amide bonds. The van der Waals surface area contributed by atoms with Crippen molar-refractivity contribution in [1.29, 1.82) is 0 Å². The molecular formula is C22H34O2. The third kappa shape index (κ3) is 6.62. The lowest BCUT2D eigenvalue weighted by atomic mass is 9.72. The number of allylic oxidation sites excluding steroid dienone is 9. The highest BCUT2D eigenvalue weighted by atomic mass is 16.7. The molecule has 0 fully saturated rings. The van der Waals surface area contributed by atoms with Gasteiger partial charge in [0, 0.05) is 14.2 Å². The molecule has 1 aliphatic rings. The summed E-state index contributed by atoms with van der Waals surface area (Å²) in [6.07, 6.45) is 16.3. The van der Waals surface area contributed by atoms with Crippen LogP contribution in [0.15, 0.2) is 58.7 Å². The summed E-state index contributed by atoms with van der Waals surface area (Å²) in [5, 5.41) is 0. The van der Waals surface area contributed by atoms with Gasteiger partial charge in [0.2, 0.25) is 0 Å². The summed E-state index contributed by atoms with van der Waals surface area (Å²) >= 11 is 0. The SMILES string of the molecule is COC(C=C(C)C=CC=C(C)C=CC1=C(C)CCCC1(C)C)OC. The fourth-order valence-electron chi connectivity index (χ4n) is 3.13. The van der Waals surface area contributed by atoms with E-state index < -0.39 is 0 Å². The maximum Gasteiger partial charge on any atom is 0.176 e. The molecule has 0 aromatic carbocycles. The fourth-order valence-corrected chi connectivity index (χ4v) is 3.13. The van der Waals surface area contributed by atoms with Crippen LogP contribution in [0.1, 0.15) is 53.9 Å². The molecule has 0 heterocycles. The van der Waals surface area contributed by atoms with Gasteiger partial charge in [0.1, 0.15) is 0 Å². The molecule has 0 unspecified atom stereocenters. The van der Waals surface area contributed by atoms with Gasteiger partial charge < -0.3 is 9.47 Å². The second kappa shape index (κ2) is 9.80. The molecule has 0 atom stereocenters. The van der Waals surface area contributed by atoms with E-state index >= 15 is 0 Å². The number of methoxy groups -OCH3 is 2. The van der Waals surface area contributed by atoms with E-state index in [1.54, 1.807) is 14.2 Å². The van der Waals surface area contributed by atoms with Gasteiger partial charge in [0.15, 0.2) is 6.29 Å². The summed E-state index contributed by atoms with van der Waals surface area (Å²) in [4.78, 5) is 0. The molecule has 0 aliphatic heterocycles. The molecule has 24 heavy (non-hydrogen) atoms. The Kier molecular flexibility index (Phi) is 8.44. The first-order valence-electron chi connectivity index (χ1n) is 8.77. The standard InChI is InChI=1S/C22H34O2/c1-17(10-8-11-18(2)16-21(23-6)24-7)13-14-20-19(3)12-9-15-22(20,4)5/h8,10-11,13-14,16,21H,9,12,15H2,1-7H3. The lowest BCUT2D eigenvalue weighted by molar-refractivity contribution is -0.0669. The third-order valence-electron chi connectivity index (χ3n) is 4.64. The molecular weight excluding hydrogens is 296 g/mol. The molecule has 0 saturated carbocycles. The Morgan fingerprint density at radius 2 is 1.75 bits per heavy atom. The van der Waals surface area contributed by atoms with Gasteiger partial charge in [-0.2, -0.15) is 0 Å². The van der Waals surface area contributed by atoms with Crippen molar-refractivity contribution in [3.63, 3.8) is 0 Å². The van der Waals surface area contributed by atoms with Crippen molar-refractivity contribution < 1.29 is 9.47 Å². The van der Waals surface area contributed by atoms with Gasteiger partial charge in [-0.05, 0) is 57.1 Å². The van der Waals surface area contributed by atoms with E-state index in [1.165, 1.54) is 36.0 Å². The lowest BCUT2D eigenvalue weighted by Gasteiger charge is -2.32. The fraction of sp³-hybridized carbons (Fsp3) is 0.545. The highest BCUT2D eigenvalue weighted by Gasteiger charge is 2.26. The highest BCUT2D eigenvalue weighted by molar-refractivity contribution is 5.37. The monoisotopic (exact) mass is 330 g/mol. The second-order valence-electron chi connectivity index (χ2n) is 7.29. The van der Waals surface area contributed by atoms with Crippen LogP contribution in [-0.4, -0.2) is 20.5 Å². The van der Waals surface area contributed by atoms with E-state index in [0.717, 1.165) is 5.57 Å². The summed E-state index contributed by atoms with van der Waals surface area (Å²) in [6.45, 7) is 11.2. The van der Waals surface area contributed by atoms with Crippen LogP contribution in [-0.2, 0) is 9.47 Å². The average molecular weight is 331 g/mol. The van der Waals surface area contributed by atoms with Crippen LogP contribution < -0.4 is 0 Å². The highest BCUT2D eigenvalue weighted by Crippen LogP contribution is 2.40. The van der Waals surface area contributed by atoms with Crippen LogP contribution in [0.25, 0.3) is 0 Å². The number of ether oxygens (including phenoxy) is 2. The second-order valence-corrected chi connectivity index (χ2v) is 7.29. The van der Waals surface area contributed by atoms with Gasteiger partial charge in [-0.3, -0.25) is 0 Å². The van der Waals surface area contributed by atoms with E-state index in [-0.39, 0.29) is 6.29 Å². The van der Waals surface area contributed by atoms with E-state index in [2.05, 4.69) is 58.1 Å². The Balaban J connectivity index is 2.75. The zero-order valence-electron chi connectivity index (χ0n) is 16.5. The summed E-state index contributed by atoms with van der Waals surface area (Å²) in [7, 11) is 3.28. The zero-order chi connectivity index (χ0) is 18.2. The quantitative estimate of drug-likeness (QED) is 0.412. The van der Waals surface area contributed by atoms with E-state index in [1.807, 2.05) is 13.0 Å². The predicted octanol–water partition coefficient (Wildman–Crippen LogP) is 6.14. The van der Waals surface area contributed by atoms with Crippen LogP contribution in [0.2, 0.25) is 0 Å². The smallest absolute Gasteiger partial charge is 0.176 e. The third-order valence-corrected chi connectivity index (χ3v) is 4.64. The van der Waals surface area contributed by atoms with Gasteiger partial charge in [-0.25, -0.2) is 0 Å². The number of hydrogen-bond donors (Lipinski definition) is 0. The maximum absolute atomic E-state index is 5.17. The Labute approximate surface area is 148 Å². The van der Waals surface area contributed by atoms with Crippen molar-refractivity contribution >= 4 is 0 Å². The lowest BCUT2D eigenvalue weighted by Crippen LogP contribution is -2.19. The van der Waals surface area contributed by atoms with Crippen molar-refractivity contribution in [2.45, 2.75) is 60.2 Å². The zero-order valence-corrected chi connectivity index (χ0v) is 16.5. The van der Waals surface area contributed by atoms with E-state index in [4.69, 9.17) is 9.47 Å². The summed E-state index contributed by atoms with van der Waals surface area (Å²) in [5.74, 6) is 0. The number of rotatable bonds is 7. The molecule has 2 heteroatoms. The molecule has 0 radical (unpaired) electrons. The maximum atomic E-state index is 5.17. The van der Waals surface area contributed by atoms with Crippen LogP contribution in [0.4, 0.5) is 0 Å². The van der Waals surface area contributed by atoms with Crippen LogP contribution in [0.3, 0.4) is 0 Å². The minimum Gasteiger partial charge on any atom is -0.352 e. The number of hydrogen-bond acceptors (Lipinski definition) is 2. The predicted molar refractivity (Wildman–Crippen MR) is 104 cm³/mol. The molecule has 0 N–H and O–H groups in total. The van der Waals surface area contributed by atoms with Crippen LogP contribution >= 0.6 is 0 Å². The molecule has 0 aromatic rings. The topological polar surface area (TPSA) is 18.5 Å². The van der Waals surface area contributed by atoms with Crippen molar-refractivity contribution in [2.24, 2.45) is 5.41 Å². The minimum atomic E-state index is -0.289. The molecule has 2 nitrogen and oxygen atoms in total. The van der Waals surface area contributed by atoms with E-state index in [9.17, 15) is 0 Å². The van der Waals surface area contributed by atoms with Crippen molar-refractivity contribution in [3.05, 3.63) is 58.7 Å². The summed E-state index contributed by atoms with van der Waals surface area (Å²) in [5.41, 5.74) is 5.70. The first kappa shape index (κ1) is 20.7. The van der Waals surface area contributed by atoms with Crippen molar-refractivity contribution in [2.75, 3.05) is 14.2 Å². The molecule has 0 bridgehead atoms. The Morgan fingerprint density at radius 3 is 2.33 bits per heavy atom. The van der Waals surface area contributed by atoms with Crippen LogP contribution in [0, 0.1) is 5.41 Å². The van der Waals surface area contributed by atoms with E-state index in [0.29, 0.717) is 5.41 Å². The first-order chi connectivity index (χ1) is 11.3. The average Bonchev–Trinajstić information content (AvgIpc) is 2.51. The van der Waals surface area contributed by atoms with Gasteiger partial charge in [0.25, 0.3) is 0 Å². The van der Waals surface area contributed by atoms with Gasteiger partial charge in [-0.15, -0.1) is 0 Å². The Morgan fingerprint density at radius 1 is 1.08 bits per heavy atom. The summed E-state index contributed by atoms with van der Waals surface area (Å²) in [6, 6.07) is 0. The largest absolute Gasteiger partial charge is 0.352 e. The minimum absolute atomic E-state index is 0.289. The molecule has 0 aromatic heterocycles. The molecule has 0 saturated heterocycles. The Bertz CT molecular complexity index is 553. The van der Waals surface area contributed by atoms with Gasteiger partial charge in [0.05, 0.1) is 0 Å². The normalized spacial score (nSPS) is 20.0. The molecule has 1 rings (SSSR count). The van der Waals surface area contributed by atoms with Crippen LogP contribution in [0.5, 0.6) is 0 Å². The molecule has 134 valence electrons.